The van der Waals surface area contributed by atoms with E-state index in [1.807, 2.05) is 19.1 Å². The first-order valence-corrected chi connectivity index (χ1v) is 6.79. The van der Waals surface area contributed by atoms with Crippen LogP contribution in [0.3, 0.4) is 0 Å². The van der Waals surface area contributed by atoms with Crippen molar-refractivity contribution in [3.63, 3.8) is 0 Å². The van der Waals surface area contributed by atoms with E-state index >= 15 is 0 Å². The summed E-state index contributed by atoms with van der Waals surface area (Å²) in [6.07, 6.45) is -0.641. The monoisotopic (exact) mass is 279 g/mol. The van der Waals surface area contributed by atoms with Gasteiger partial charge in [-0.05, 0) is 13.0 Å². The van der Waals surface area contributed by atoms with E-state index in [4.69, 9.17) is 9.47 Å². The average Bonchev–Trinajstić information content (AvgIpc) is 2.72. The lowest BCUT2D eigenvalue weighted by molar-refractivity contribution is 0.0609. The highest BCUT2D eigenvalue weighted by molar-refractivity contribution is 5.97. The number of ether oxygens (including phenoxy) is 2. The summed E-state index contributed by atoms with van der Waals surface area (Å²) in [7, 11) is 1.51. The Bertz CT molecular complexity index is 489. The van der Waals surface area contributed by atoms with E-state index in [-0.39, 0.29) is 31.1 Å². The topological polar surface area (TPSA) is 67.8 Å². The maximum absolute atomic E-state index is 12.2. The van der Waals surface area contributed by atoms with E-state index in [2.05, 4.69) is 12.2 Å². The SMILES string of the molecule is COCC(O)CNC(=O)c1cccc2c1OC(C)C2C. The summed E-state index contributed by atoms with van der Waals surface area (Å²) in [5, 5.41) is 12.2. The van der Waals surface area contributed by atoms with E-state index in [1.54, 1.807) is 6.07 Å². The fraction of sp³-hybridized carbons (Fsp3) is 0.533. The maximum Gasteiger partial charge on any atom is 0.255 e. The number of hydrogen-bond donors (Lipinski definition) is 2. The van der Waals surface area contributed by atoms with Crippen LogP contribution in [-0.4, -0.2) is 43.5 Å². The van der Waals surface area contributed by atoms with E-state index in [0.29, 0.717) is 11.3 Å². The molecular weight excluding hydrogens is 258 g/mol. The molecule has 0 aromatic heterocycles. The van der Waals surface area contributed by atoms with Crippen molar-refractivity contribution in [3.05, 3.63) is 29.3 Å². The van der Waals surface area contributed by atoms with Crippen molar-refractivity contribution in [1.29, 1.82) is 0 Å². The van der Waals surface area contributed by atoms with Crippen LogP contribution < -0.4 is 10.1 Å². The van der Waals surface area contributed by atoms with Crippen LogP contribution in [0.5, 0.6) is 5.75 Å². The molecule has 0 fully saturated rings. The lowest BCUT2D eigenvalue weighted by Crippen LogP contribution is -2.34. The zero-order valence-corrected chi connectivity index (χ0v) is 12.1. The van der Waals surface area contributed by atoms with Crippen molar-refractivity contribution in [2.45, 2.75) is 32.0 Å². The van der Waals surface area contributed by atoms with E-state index in [1.165, 1.54) is 7.11 Å². The first-order valence-electron chi connectivity index (χ1n) is 6.79. The molecule has 1 aliphatic heterocycles. The number of benzene rings is 1. The van der Waals surface area contributed by atoms with Gasteiger partial charge >= 0.3 is 0 Å². The summed E-state index contributed by atoms with van der Waals surface area (Å²) >= 11 is 0. The smallest absolute Gasteiger partial charge is 0.255 e. The second-order valence-electron chi connectivity index (χ2n) is 5.15. The Morgan fingerprint density at radius 3 is 2.95 bits per heavy atom. The molecule has 110 valence electrons. The van der Waals surface area contributed by atoms with Gasteiger partial charge in [-0.25, -0.2) is 0 Å². The van der Waals surface area contributed by atoms with Crippen molar-refractivity contribution < 1.29 is 19.4 Å². The Morgan fingerprint density at radius 2 is 2.25 bits per heavy atom. The van der Waals surface area contributed by atoms with Gasteiger partial charge < -0.3 is 19.9 Å². The van der Waals surface area contributed by atoms with Crippen LogP contribution in [0.1, 0.15) is 35.7 Å². The molecule has 0 saturated heterocycles. The third-order valence-electron chi connectivity index (χ3n) is 3.65. The second kappa shape index (κ2) is 6.24. The number of nitrogens with one attached hydrogen (secondary N) is 1. The van der Waals surface area contributed by atoms with Gasteiger partial charge in [-0.2, -0.15) is 0 Å². The van der Waals surface area contributed by atoms with Gasteiger partial charge in [0.05, 0.1) is 18.3 Å². The molecule has 2 N–H and O–H groups in total. The minimum Gasteiger partial charge on any atom is -0.489 e. The van der Waals surface area contributed by atoms with Gasteiger partial charge in [0.15, 0.2) is 0 Å². The summed E-state index contributed by atoms with van der Waals surface area (Å²) in [4.78, 5) is 12.2. The van der Waals surface area contributed by atoms with E-state index < -0.39 is 6.10 Å². The molecule has 3 unspecified atom stereocenters. The molecule has 1 aliphatic rings. The Morgan fingerprint density at radius 1 is 1.50 bits per heavy atom. The predicted octanol–water partition coefficient (Wildman–Crippen LogP) is 1.31. The number of aliphatic hydroxyl groups excluding tert-OH is 1. The molecule has 0 radical (unpaired) electrons. The molecule has 0 spiro atoms. The van der Waals surface area contributed by atoms with Gasteiger partial charge in [0.2, 0.25) is 0 Å². The highest BCUT2D eigenvalue weighted by Gasteiger charge is 2.31. The standard InChI is InChI=1S/C15H21NO4/c1-9-10(2)20-14-12(9)5-4-6-13(14)15(18)16-7-11(17)8-19-3/h4-6,9-11,17H,7-8H2,1-3H3,(H,16,18). The molecular formula is C15H21NO4. The normalized spacial score (nSPS) is 22.0. The van der Waals surface area contributed by atoms with Gasteiger partial charge in [-0.15, -0.1) is 0 Å². The third-order valence-corrected chi connectivity index (χ3v) is 3.65. The van der Waals surface area contributed by atoms with Crippen molar-refractivity contribution >= 4 is 5.91 Å². The Hall–Kier alpha value is -1.59. The number of carbonyl (C=O) groups excluding carboxylic acids is 1. The highest BCUT2D eigenvalue weighted by atomic mass is 16.5. The van der Waals surface area contributed by atoms with Crippen LogP contribution in [0, 0.1) is 0 Å². The number of amides is 1. The number of rotatable bonds is 5. The summed E-state index contributed by atoms with van der Waals surface area (Å²) in [6, 6.07) is 5.58. The number of methoxy groups -OCH3 is 1. The molecule has 0 saturated carbocycles. The molecule has 1 amide bonds. The summed E-state index contributed by atoms with van der Waals surface area (Å²) in [5.74, 6) is 0.696. The fourth-order valence-electron chi connectivity index (χ4n) is 2.32. The fourth-order valence-corrected chi connectivity index (χ4v) is 2.32. The van der Waals surface area contributed by atoms with E-state index in [0.717, 1.165) is 5.56 Å². The largest absolute Gasteiger partial charge is 0.489 e. The van der Waals surface area contributed by atoms with E-state index in [9.17, 15) is 9.90 Å². The average molecular weight is 279 g/mol. The minimum absolute atomic E-state index is 0.0676. The lowest BCUT2D eigenvalue weighted by atomic mass is 9.97. The first kappa shape index (κ1) is 14.8. The molecule has 20 heavy (non-hydrogen) atoms. The molecule has 5 heteroatoms. The van der Waals surface area contributed by atoms with Crippen LogP contribution in [0.25, 0.3) is 0 Å². The van der Waals surface area contributed by atoms with Crippen LogP contribution in [-0.2, 0) is 4.74 Å². The molecule has 0 aliphatic carbocycles. The van der Waals surface area contributed by atoms with Crippen LogP contribution in [0.4, 0.5) is 0 Å². The van der Waals surface area contributed by atoms with Gasteiger partial charge in [0.25, 0.3) is 5.91 Å². The van der Waals surface area contributed by atoms with Crippen molar-refractivity contribution in [2.24, 2.45) is 0 Å². The molecule has 1 heterocycles. The summed E-state index contributed by atoms with van der Waals surface area (Å²) in [5.41, 5.74) is 1.57. The summed E-state index contributed by atoms with van der Waals surface area (Å²) < 4.78 is 10.6. The summed E-state index contributed by atoms with van der Waals surface area (Å²) in [6.45, 7) is 4.43. The molecule has 3 atom stereocenters. The van der Waals surface area contributed by atoms with Gasteiger partial charge in [0.1, 0.15) is 11.9 Å². The molecule has 0 bridgehead atoms. The number of carbonyl (C=O) groups is 1. The quantitative estimate of drug-likeness (QED) is 0.852. The predicted molar refractivity (Wildman–Crippen MR) is 75.2 cm³/mol. The highest BCUT2D eigenvalue weighted by Crippen LogP contribution is 2.40. The Labute approximate surface area is 118 Å². The first-order chi connectivity index (χ1) is 9.54. The van der Waals surface area contributed by atoms with Gasteiger partial charge in [0, 0.05) is 25.1 Å². The van der Waals surface area contributed by atoms with Crippen LogP contribution >= 0.6 is 0 Å². The molecule has 1 aromatic carbocycles. The lowest BCUT2D eigenvalue weighted by Gasteiger charge is -2.12. The van der Waals surface area contributed by atoms with Crippen LogP contribution in [0.2, 0.25) is 0 Å². The van der Waals surface area contributed by atoms with Crippen molar-refractivity contribution in [2.75, 3.05) is 20.3 Å². The second-order valence-corrected chi connectivity index (χ2v) is 5.15. The molecule has 5 nitrogen and oxygen atoms in total. The number of fused-ring (bicyclic) bond motifs is 1. The van der Waals surface area contributed by atoms with Crippen molar-refractivity contribution in [1.82, 2.24) is 5.32 Å². The maximum atomic E-state index is 12.2. The zero-order valence-electron chi connectivity index (χ0n) is 12.1. The Balaban J connectivity index is 2.09. The number of para-hydroxylation sites is 1. The zero-order chi connectivity index (χ0) is 14.7. The molecule has 1 aromatic rings. The van der Waals surface area contributed by atoms with Gasteiger partial charge in [-0.1, -0.05) is 19.1 Å². The number of aliphatic hydroxyl groups is 1. The molecule has 2 rings (SSSR count). The van der Waals surface area contributed by atoms with Gasteiger partial charge in [-0.3, -0.25) is 4.79 Å². The third kappa shape index (κ3) is 2.94. The van der Waals surface area contributed by atoms with Crippen LogP contribution in [0.15, 0.2) is 18.2 Å². The Kier molecular flexibility index (Phi) is 4.62. The number of hydrogen-bond acceptors (Lipinski definition) is 4. The van der Waals surface area contributed by atoms with Crippen molar-refractivity contribution in [3.8, 4) is 5.75 Å². The minimum atomic E-state index is -0.709.